The van der Waals surface area contributed by atoms with E-state index in [1.165, 1.54) is 5.56 Å². The average molecular weight is 342 g/mol. The van der Waals surface area contributed by atoms with Gasteiger partial charge < -0.3 is 4.57 Å². The lowest BCUT2D eigenvalue weighted by molar-refractivity contribution is 0.578. The normalized spacial score (nSPS) is 11.9. The molecule has 0 saturated heterocycles. The van der Waals surface area contributed by atoms with Crippen LogP contribution in [0.3, 0.4) is 0 Å². The molecule has 0 fully saturated rings. The minimum Gasteiger partial charge on any atom is -0.350 e. The number of nitrogens with zero attached hydrogens (tertiary/aromatic N) is 1. The molecule has 4 nitrogen and oxygen atoms in total. The number of hydrogen-bond acceptors (Lipinski definition) is 2. The third kappa shape index (κ3) is 4.04. The van der Waals surface area contributed by atoms with Gasteiger partial charge in [-0.05, 0) is 30.0 Å². The summed E-state index contributed by atoms with van der Waals surface area (Å²) in [7, 11) is -1.30. The van der Waals surface area contributed by atoms with Crippen LogP contribution in [0.15, 0.2) is 60.8 Å². The molecule has 126 valence electrons. The van der Waals surface area contributed by atoms with E-state index in [9.17, 15) is 8.42 Å². The van der Waals surface area contributed by atoms with Crippen molar-refractivity contribution in [2.24, 2.45) is 7.05 Å². The van der Waals surface area contributed by atoms with Crippen LogP contribution < -0.4 is 4.72 Å². The summed E-state index contributed by atoms with van der Waals surface area (Å²) in [6.07, 6.45) is 3.38. The second-order valence-electron chi connectivity index (χ2n) is 6.01. The first-order valence-corrected chi connectivity index (χ1v) is 9.74. The summed E-state index contributed by atoms with van der Waals surface area (Å²) < 4.78 is 29.2. The number of benzene rings is 2. The summed E-state index contributed by atoms with van der Waals surface area (Å²) in [6, 6.07) is 18.0. The molecular formula is C19H22N2O2S. The van der Waals surface area contributed by atoms with Crippen molar-refractivity contribution >= 4 is 20.9 Å². The molecule has 0 radical (unpaired) electrons. The van der Waals surface area contributed by atoms with E-state index in [0.717, 1.165) is 22.9 Å². The van der Waals surface area contributed by atoms with Crippen LogP contribution in [0.1, 0.15) is 17.5 Å². The van der Waals surface area contributed by atoms with E-state index in [-0.39, 0.29) is 5.75 Å². The fourth-order valence-corrected chi connectivity index (χ4v) is 3.98. The van der Waals surface area contributed by atoms with E-state index in [1.807, 2.05) is 72.4 Å². The first kappa shape index (κ1) is 16.7. The van der Waals surface area contributed by atoms with Crippen LogP contribution in [-0.4, -0.2) is 18.7 Å². The van der Waals surface area contributed by atoms with Gasteiger partial charge in [0.15, 0.2) is 0 Å². The number of aromatic nitrogens is 1. The van der Waals surface area contributed by atoms with Gasteiger partial charge in [0.05, 0.1) is 5.75 Å². The molecule has 0 atom stereocenters. The fraction of sp³-hybridized carbons (Fsp3) is 0.263. The van der Waals surface area contributed by atoms with Crippen LogP contribution in [-0.2, 0) is 30.0 Å². The van der Waals surface area contributed by atoms with Gasteiger partial charge in [0.2, 0.25) is 10.0 Å². The van der Waals surface area contributed by atoms with Crippen molar-refractivity contribution in [2.75, 3.05) is 5.75 Å². The third-order valence-corrected chi connectivity index (χ3v) is 5.59. The lowest BCUT2D eigenvalue weighted by Gasteiger charge is -2.06. The Morgan fingerprint density at radius 1 is 1.00 bits per heavy atom. The highest BCUT2D eigenvalue weighted by Gasteiger charge is 2.12. The van der Waals surface area contributed by atoms with Crippen molar-refractivity contribution in [1.82, 2.24) is 9.29 Å². The molecule has 5 heteroatoms. The first-order valence-electron chi connectivity index (χ1n) is 8.09. The van der Waals surface area contributed by atoms with Crippen molar-refractivity contribution in [3.05, 3.63) is 71.9 Å². The number of nitrogens with one attached hydrogen (secondary N) is 1. The molecule has 0 aliphatic rings. The summed E-state index contributed by atoms with van der Waals surface area (Å²) >= 11 is 0. The molecule has 0 saturated carbocycles. The van der Waals surface area contributed by atoms with Crippen molar-refractivity contribution in [1.29, 1.82) is 0 Å². The molecular weight excluding hydrogens is 320 g/mol. The van der Waals surface area contributed by atoms with Crippen LogP contribution in [0.2, 0.25) is 0 Å². The molecule has 0 spiro atoms. The number of sulfonamides is 1. The minimum atomic E-state index is -3.27. The van der Waals surface area contributed by atoms with Gasteiger partial charge in [-0.3, -0.25) is 0 Å². The van der Waals surface area contributed by atoms with Gasteiger partial charge in [-0.1, -0.05) is 48.5 Å². The Bertz CT molecular complexity index is 915. The highest BCUT2D eigenvalue weighted by molar-refractivity contribution is 7.89. The van der Waals surface area contributed by atoms with Crippen LogP contribution in [0.5, 0.6) is 0 Å². The second-order valence-corrected chi connectivity index (χ2v) is 7.94. The Morgan fingerprint density at radius 2 is 1.71 bits per heavy atom. The van der Waals surface area contributed by atoms with Crippen molar-refractivity contribution in [3.63, 3.8) is 0 Å². The Labute approximate surface area is 143 Å². The molecule has 1 heterocycles. The van der Waals surface area contributed by atoms with Crippen LogP contribution in [0, 0.1) is 0 Å². The average Bonchev–Trinajstić information content (AvgIpc) is 2.91. The van der Waals surface area contributed by atoms with Crippen LogP contribution >= 0.6 is 0 Å². The summed E-state index contributed by atoms with van der Waals surface area (Å²) in [5.41, 5.74) is 3.28. The van der Waals surface area contributed by atoms with Gasteiger partial charge in [0, 0.05) is 30.7 Å². The summed E-state index contributed by atoms with van der Waals surface area (Å²) in [5.74, 6) is 0.145. The highest BCUT2D eigenvalue weighted by Crippen LogP contribution is 2.20. The van der Waals surface area contributed by atoms with Crippen molar-refractivity contribution in [2.45, 2.75) is 19.4 Å². The summed E-state index contributed by atoms with van der Waals surface area (Å²) in [6.45, 7) is 0.328. The van der Waals surface area contributed by atoms with Gasteiger partial charge in [-0.15, -0.1) is 0 Å². The number of hydrogen-bond donors (Lipinski definition) is 1. The fourth-order valence-electron chi connectivity index (χ4n) is 2.94. The van der Waals surface area contributed by atoms with E-state index < -0.39 is 10.0 Å². The quantitative estimate of drug-likeness (QED) is 0.717. The zero-order valence-electron chi connectivity index (χ0n) is 13.8. The smallest absolute Gasteiger partial charge is 0.211 e. The SMILES string of the molecule is Cn1cc(CNS(=O)(=O)CCCc2ccccc2)c2ccccc21. The van der Waals surface area contributed by atoms with E-state index in [2.05, 4.69) is 4.72 Å². The van der Waals surface area contributed by atoms with E-state index in [1.54, 1.807) is 0 Å². The summed E-state index contributed by atoms with van der Waals surface area (Å²) in [4.78, 5) is 0. The lowest BCUT2D eigenvalue weighted by atomic mass is 10.1. The van der Waals surface area contributed by atoms with Crippen molar-refractivity contribution < 1.29 is 8.42 Å². The number of rotatable bonds is 7. The minimum absolute atomic E-state index is 0.145. The Hall–Kier alpha value is -2.11. The van der Waals surface area contributed by atoms with Gasteiger partial charge in [-0.25, -0.2) is 13.1 Å². The topological polar surface area (TPSA) is 51.1 Å². The third-order valence-electron chi connectivity index (χ3n) is 4.18. The molecule has 0 amide bonds. The Morgan fingerprint density at radius 3 is 2.50 bits per heavy atom. The van der Waals surface area contributed by atoms with Crippen LogP contribution in [0.25, 0.3) is 10.9 Å². The molecule has 1 N–H and O–H groups in total. The number of fused-ring (bicyclic) bond motifs is 1. The Balaban J connectivity index is 1.58. The van der Waals surface area contributed by atoms with Crippen LogP contribution in [0.4, 0.5) is 0 Å². The maximum Gasteiger partial charge on any atom is 0.211 e. The highest BCUT2D eigenvalue weighted by atomic mass is 32.2. The maximum absolute atomic E-state index is 12.2. The number of para-hydroxylation sites is 1. The molecule has 0 aliphatic heterocycles. The zero-order chi connectivity index (χ0) is 17.0. The van der Waals surface area contributed by atoms with E-state index >= 15 is 0 Å². The molecule has 0 unspecified atom stereocenters. The van der Waals surface area contributed by atoms with E-state index in [0.29, 0.717) is 13.0 Å². The van der Waals surface area contributed by atoms with Gasteiger partial charge in [0.1, 0.15) is 0 Å². The second kappa shape index (κ2) is 7.20. The standard InChI is InChI=1S/C19H22N2O2S/c1-21-15-17(18-11-5-6-12-19(18)21)14-20-24(22,23)13-7-10-16-8-3-2-4-9-16/h2-6,8-9,11-12,15,20H,7,10,13-14H2,1H3. The Kier molecular flexibility index (Phi) is 5.02. The van der Waals surface area contributed by atoms with Crippen molar-refractivity contribution in [3.8, 4) is 0 Å². The maximum atomic E-state index is 12.2. The van der Waals surface area contributed by atoms with Gasteiger partial charge in [-0.2, -0.15) is 0 Å². The molecule has 1 aromatic heterocycles. The van der Waals surface area contributed by atoms with Gasteiger partial charge >= 0.3 is 0 Å². The number of aryl methyl sites for hydroxylation is 2. The molecule has 3 rings (SSSR count). The van der Waals surface area contributed by atoms with Gasteiger partial charge in [0.25, 0.3) is 0 Å². The first-order chi connectivity index (χ1) is 11.6. The molecule has 0 aliphatic carbocycles. The molecule has 2 aromatic carbocycles. The molecule has 24 heavy (non-hydrogen) atoms. The zero-order valence-corrected chi connectivity index (χ0v) is 14.6. The molecule has 3 aromatic rings. The predicted octanol–water partition coefficient (Wildman–Crippen LogP) is 3.23. The summed E-state index contributed by atoms with van der Waals surface area (Å²) in [5, 5.41) is 1.09. The monoisotopic (exact) mass is 342 g/mol. The lowest BCUT2D eigenvalue weighted by Crippen LogP contribution is -2.26. The molecule has 0 bridgehead atoms. The van der Waals surface area contributed by atoms with E-state index in [4.69, 9.17) is 0 Å². The predicted molar refractivity (Wildman–Crippen MR) is 98.3 cm³/mol. The largest absolute Gasteiger partial charge is 0.350 e.